The molecule has 0 aromatic heterocycles. The molecule has 1 saturated heterocycles. The number of benzene rings is 3. The Morgan fingerprint density at radius 1 is 0.893 bits per heavy atom. The molecule has 3 heteroatoms. The standard InChI is InChI=1S/C25H25NOS/c1-3-19-14-16-20(17-15-19)24(27)23-25(21-10-6-4-7-11-21)28-18(2)26(23)22-12-8-5-9-13-22/h4-18,23,25H,3H2,1-2H3/t18-,23+,25+/m0/s1. The first-order valence-corrected chi connectivity index (χ1v) is 10.8. The number of rotatable bonds is 5. The van der Waals surface area contributed by atoms with Crippen molar-refractivity contribution in [1.29, 1.82) is 0 Å². The Kier molecular flexibility index (Phi) is 5.54. The van der Waals surface area contributed by atoms with Crippen LogP contribution in [0, 0.1) is 0 Å². The van der Waals surface area contributed by atoms with Gasteiger partial charge in [0.05, 0.1) is 10.6 Å². The molecular weight excluding hydrogens is 362 g/mol. The summed E-state index contributed by atoms with van der Waals surface area (Å²) in [5, 5.41) is 0.325. The minimum absolute atomic E-state index is 0.106. The summed E-state index contributed by atoms with van der Waals surface area (Å²) in [5.74, 6) is 0.192. The van der Waals surface area contributed by atoms with Gasteiger partial charge in [0, 0.05) is 11.3 Å². The van der Waals surface area contributed by atoms with Crippen LogP contribution >= 0.6 is 11.8 Å². The third-order valence-electron chi connectivity index (χ3n) is 5.42. The summed E-state index contributed by atoms with van der Waals surface area (Å²) in [4.78, 5) is 16.0. The molecular formula is C25H25NOS. The third kappa shape index (κ3) is 3.59. The van der Waals surface area contributed by atoms with Crippen molar-refractivity contribution in [2.45, 2.75) is 36.9 Å². The summed E-state index contributed by atoms with van der Waals surface area (Å²) in [5.41, 5.74) is 4.36. The van der Waals surface area contributed by atoms with Crippen LogP contribution in [0.3, 0.4) is 0 Å². The van der Waals surface area contributed by atoms with Gasteiger partial charge in [-0.25, -0.2) is 0 Å². The largest absolute Gasteiger partial charge is 0.348 e. The van der Waals surface area contributed by atoms with Gasteiger partial charge in [-0.1, -0.05) is 79.7 Å². The van der Waals surface area contributed by atoms with Crippen LogP contribution in [0.15, 0.2) is 84.9 Å². The smallest absolute Gasteiger partial charge is 0.186 e. The molecule has 0 unspecified atom stereocenters. The average molecular weight is 388 g/mol. The molecule has 0 N–H and O–H groups in total. The summed E-state index contributed by atoms with van der Waals surface area (Å²) in [6, 6.07) is 28.6. The maximum Gasteiger partial charge on any atom is 0.186 e. The molecule has 142 valence electrons. The normalized spacial score (nSPS) is 21.6. The Hall–Kier alpha value is -2.52. The number of hydrogen-bond acceptors (Lipinski definition) is 3. The van der Waals surface area contributed by atoms with Crippen molar-refractivity contribution in [1.82, 2.24) is 0 Å². The molecule has 0 amide bonds. The van der Waals surface area contributed by atoms with Gasteiger partial charge in [-0.05, 0) is 36.6 Å². The van der Waals surface area contributed by atoms with E-state index in [1.165, 1.54) is 11.1 Å². The first-order chi connectivity index (χ1) is 13.7. The lowest BCUT2D eigenvalue weighted by molar-refractivity contribution is 0.0958. The molecule has 0 aliphatic carbocycles. The van der Waals surface area contributed by atoms with E-state index in [1.807, 2.05) is 48.2 Å². The van der Waals surface area contributed by atoms with Crippen LogP contribution in [-0.2, 0) is 6.42 Å². The summed E-state index contributed by atoms with van der Waals surface area (Å²) in [7, 11) is 0. The molecule has 3 aromatic rings. The average Bonchev–Trinajstić information content (AvgIpc) is 3.11. The van der Waals surface area contributed by atoms with Gasteiger partial charge in [0.25, 0.3) is 0 Å². The van der Waals surface area contributed by atoms with E-state index in [2.05, 4.69) is 67.3 Å². The van der Waals surface area contributed by atoms with Gasteiger partial charge in [0.2, 0.25) is 0 Å². The van der Waals surface area contributed by atoms with Gasteiger partial charge in [-0.15, -0.1) is 11.8 Å². The maximum absolute atomic E-state index is 13.7. The summed E-state index contributed by atoms with van der Waals surface area (Å²) < 4.78 is 0. The Bertz CT molecular complexity index is 924. The molecule has 1 heterocycles. The van der Waals surface area contributed by atoms with Gasteiger partial charge < -0.3 is 4.90 Å². The second-order valence-corrected chi connectivity index (χ2v) is 8.63. The fourth-order valence-electron chi connectivity index (χ4n) is 3.94. The predicted molar refractivity (Wildman–Crippen MR) is 119 cm³/mol. The van der Waals surface area contributed by atoms with Gasteiger partial charge in [-0.2, -0.15) is 0 Å². The summed E-state index contributed by atoms with van der Waals surface area (Å²) in [6.07, 6.45) is 0.980. The predicted octanol–water partition coefficient (Wildman–Crippen LogP) is 6.14. The molecule has 1 aliphatic rings. The number of carbonyl (C=O) groups excluding carboxylic acids is 1. The lowest BCUT2D eigenvalue weighted by Crippen LogP contribution is -2.42. The van der Waals surface area contributed by atoms with E-state index < -0.39 is 0 Å². The van der Waals surface area contributed by atoms with E-state index in [4.69, 9.17) is 0 Å². The second kappa shape index (κ2) is 8.24. The van der Waals surface area contributed by atoms with Crippen molar-refractivity contribution in [3.05, 3.63) is 102 Å². The molecule has 4 rings (SSSR count). The lowest BCUT2D eigenvalue weighted by atomic mass is 9.94. The highest BCUT2D eigenvalue weighted by Crippen LogP contribution is 2.48. The highest BCUT2D eigenvalue weighted by Gasteiger charge is 2.44. The van der Waals surface area contributed by atoms with E-state index in [-0.39, 0.29) is 22.4 Å². The topological polar surface area (TPSA) is 20.3 Å². The molecule has 0 saturated carbocycles. The third-order valence-corrected chi connectivity index (χ3v) is 6.86. The molecule has 3 aromatic carbocycles. The zero-order valence-electron chi connectivity index (χ0n) is 16.3. The second-order valence-electron chi connectivity index (χ2n) is 7.17. The van der Waals surface area contributed by atoms with Crippen molar-refractivity contribution in [3.63, 3.8) is 0 Å². The molecule has 3 atom stereocenters. The zero-order valence-corrected chi connectivity index (χ0v) is 17.1. The van der Waals surface area contributed by atoms with Crippen LogP contribution < -0.4 is 4.90 Å². The first kappa shape index (κ1) is 18.8. The maximum atomic E-state index is 13.7. The van der Waals surface area contributed by atoms with Crippen LogP contribution in [0.4, 0.5) is 5.69 Å². The van der Waals surface area contributed by atoms with E-state index in [1.54, 1.807) is 0 Å². The minimum Gasteiger partial charge on any atom is -0.348 e. The van der Waals surface area contributed by atoms with Crippen LogP contribution in [0.1, 0.15) is 40.6 Å². The van der Waals surface area contributed by atoms with E-state index in [0.717, 1.165) is 17.7 Å². The Balaban J connectivity index is 1.76. The van der Waals surface area contributed by atoms with Crippen LogP contribution in [0.25, 0.3) is 0 Å². The van der Waals surface area contributed by atoms with Gasteiger partial charge in [-0.3, -0.25) is 4.79 Å². The van der Waals surface area contributed by atoms with E-state index in [9.17, 15) is 4.79 Å². The Morgan fingerprint density at radius 3 is 2.11 bits per heavy atom. The van der Waals surface area contributed by atoms with E-state index >= 15 is 0 Å². The number of anilines is 1. The molecule has 0 spiro atoms. The van der Waals surface area contributed by atoms with Crippen LogP contribution in [0.2, 0.25) is 0 Å². The van der Waals surface area contributed by atoms with Crippen molar-refractivity contribution >= 4 is 23.2 Å². The van der Waals surface area contributed by atoms with Crippen LogP contribution in [-0.4, -0.2) is 17.2 Å². The number of carbonyl (C=O) groups is 1. The van der Waals surface area contributed by atoms with Crippen LogP contribution in [0.5, 0.6) is 0 Å². The SMILES string of the molecule is CCc1ccc(C(=O)[C@@H]2[C@@H](c3ccccc3)S[C@@H](C)N2c2ccccc2)cc1. The van der Waals surface area contributed by atoms with Gasteiger partial charge >= 0.3 is 0 Å². The fourth-order valence-corrected chi connectivity index (χ4v) is 5.46. The minimum atomic E-state index is -0.225. The van der Waals surface area contributed by atoms with Gasteiger partial charge in [0.15, 0.2) is 5.78 Å². The van der Waals surface area contributed by atoms with Crippen molar-refractivity contribution < 1.29 is 4.79 Å². The fraction of sp³-hybridized carbons (Fsp3) is 0.240. The number of Topliss-reactive ketones (excluding diaryl/α,β-unsaturated/α-hetero) is 1. The number of aryl methyl sites for hydroxylation is 1. The highest BCUT2D eigenvalue weighted by atomic mass is 32.2. The number of ketones is 1. The highest BCUT2D eigenvalue weighted by molar-refractivity contribution is 8.00. The van der Waals surface area contributed by atoms with E-state index in [0.29, 0.717) is 0 Å². The number of thioether (sulfide) groups is 1. The molecule has 0 bridgehead atoms. The quantitative estimate of drug-likeness (QED) is 0.490. The zero-order chi connectivity index (χ0) is 19.5. The number of nitrogens with zero attached hydrogens (tertiary/aromatic N) is 1. The molecule has 1 fully saturated rings. The molecule has 2 nitrogen and oxygen atoms in total. The number of hydrogen-bond donors (Lipinski definition) is 0. The summed E-state index contributed by atoms with van der Waals surface area (Å²) in [6.45, 7) is 4.33. The Morgan fingerprint density at radius 2 is 1.50 bits per heavy atom. The van der Waals surface area contributed by atoms with Crippen molar-refractivity contribution in [3.8, 4) is 0 Å². The van der Waals surface area contributed by atoms with Crippen molar-refractivity contribution in [2.24, 2.45) is 0 Å². The molecule has 0 radical (unpaired) electrons. The first-order valence-electron chi connectivity index (χ1n) is 9.86. The van der Waals surface area contributed by atoms with Crippen molar-refractivity contribution in [2.75, 3.05) is 4.90 Å². The molecule has 28 heavy (non-hydrogen) atoms. The van der Waals surface area contributed by atoms with Gasteiger partial charge in [0.1, 0.15) is 6.04 Å². The molecule has 1 aliphatic heterocycles. The Labute approximate surface area is 171 Å². The lowest BCUT2D eigenvalue weighted by Gasteiger charge is -2.30. The monoisotopic (exact) mass is 387 g/mol. The number of para-hydroxylation sites is 1. The summed E-state index contributed by atoms with van der Waals surface area (Å²) >= 11 is 1.87.